The molecule has 0 aromatic carbocycles. The average Bonchev–Trinajstić information content (AvgIpc) is 1.87. The minimum atomic E-state index is 0.0313. The number of hydrogen-bond donors (Lipinski definition) is 0. The fraction of sp³-hybridized carbons (Fsp3) is 0.200. The van der Waals surface area contributed by atoms with Crippen LogP contribution in [0.4, 0.5) is 0 Å². The molecule has 0 unspecified atom stereocenters. The minimum Gasteiger partial charge on any atom is -0.234 e. The van der Waals surface area contributed by atoms with Gasteiger partial charge in [-0.1, -0.05) is 27.5 Å². The molecule has 56 valence electrons. The normalized spacial score (nSPS) is 14.6. The summed E-state index contributed by atoms with van der Waals surface area (Å²) in [6.07, 6.45) is 0. The minimum absolute atomic E-state index is 0.0313. The SMILES string of the molecule is C=N/C(Cl)=N\C(Cl)=C(/C)Br. The number of nitrogens with zero attached hydrogens (tertiary/aromatic N) is 2. The van der Waals surface area contributed by atoms with Crippen LogP contribution in [0.1, 0.15) is 6.92 Å². The molecule has 0 amide bonds. The zero-order valence-electron chi connectivity index (χ0n) is 5.24. The fourth-order valence-electron chi connectivity index (χ4n) is 0.193. The van der Waals surface area contributed by atoms with E-state index in [1.807, 2.05) is 0 Å². The molecule has 0 aromatic rings. The topological polar surface area (TPSA) is 24.7 Å². The predicted octanol–water partition coefficient (Wildman–Crippen LogP) is 3.10. The summed E-state index contributed by atoms with van der Waals surface area (Å²) in [5, 5.41) is 0.307. The molecule has 0 saturated heterocycles. The maximum atomic E-state index is 5.56. The summed E-state index contributed by atoms with van der Waals surface area (Å²) in [7, 11) is 0. The maximum Gasteiger partial charge on any atom is 0.223 e. The quantitative estimate of drug-likeness (QED) is 0.384. The van der Waals surface area contributed by atoms with Crippen LogP contribution in [0.3, 0.4) is 0 Å². The molecule has 2 nitrogen and oxygen atoms in total. The Kier molecular flexibility index (Phi) is 4.95. The summed E-state index contributed by atoms with van der Waals surface area (Å²) in [6.45, 7) is 4.91. The largest absolute Gasteiger partial charge is 0.234 e. The van der Waals surface area contributed by atoms with Gasteiger partial charge in [0, 0.05) is 4.48 Å². The lowest BCUT2D eigenvalue weighted by molar-refractivity contribution is 1.45. The van der Waals surface area contributed by atoms with Crippen LogP contribution in [0.25, 0.3) is 0 Å². The highest BCUT2D eigenvalue weighted by atomic mass is 79.9. The summed E-state index contributed by atoms with van der Waals surface area (Å²) >= 11 is 14.1. The van der Waals surface area contributed by atoms with Crippen molar-refractivity contribution in [1.82, 2.24) is 0 Å². The number of aliphatic imine (C=N–C) groups is 2. The molecule has 0 heterocycles. The molecule has 5 heteroatoms. The van der Waals surface area contributed by atoms with Crippen LogP contribution >= 0.6 is 39.1 Å². The Labute approximate surface area is 77.8 Å². The van der Waals surface area contributed by atoms with Crippen molar-refractivity contribution < 1.29 is 0 Å². The smallest absolute Gasteiger partial charge is 0.223 e. The first-order valence-electron chi connectivity index (χ1n) is 2.30. The van der Waals surface area contributed by atoms with Crippen LogP contribution < -0.4 is 0 Å². The number of allylic oxidation sites excluding steroid dienone is 1. The predicted molar refractivity (Wildman–Crippen MR) is 50.3 cm³/mol. The first kappa shape index (κ1) is 10.1. The Morgan fingerprint density at radius 1 is 1.50 bits per heavy atom. The van der Waals surface area contributed by atoms with Gasteiger partial charge in [0.1, 0.15) is 5.16 Å². The molecule has 0 atom stereocenters. The van der Waals surface area contributed by atoms with E-state index in [1.54, 1.807) is 6.92 Å². The van der Waals surface area contributed by atoms with Crippen LogP contribution in [0.15, 0.2) is 19.6 Å². The van der Waals surface area contributed by atoms with Gasteiger partial charge >= 0.3 is 0 Å². The standard InChI is InChI=1S/C5H5BrCl2N2/c1-3(6)4(7)10-5(8)9-2/h2H2,1H3/b4-3+,10-5-. The molecule has 0 N–H and O–H groups in total. The zero-order valence-corrected chi connectivity index (χ0v) is 8.33. The first-order chi connectivity index (χ1) is 4.57. The van der Waals surface area contributed by atoms with Crippen LogP contribution in [0.5, 0.6) is 0 Å². The summed E-state index contributed by atoms with van der Waals surface area (Å²) in [5.74, 6) is 0. The highest BCUT2D eigenvalue weighted by Gasteiger charge is 1.93. The van der Waals surface area contributed by atoms with Crippen molar-refractivity contribution in [3.05, 3.63) is 9.64 Å². The summed E-state index contributed by atoms with van der Waals surface area (Å²) in [6, 6.07) is 0. The number of hydrogen-bond acceptors (Lipinski definition) is 1. The highest BCUT2D eigenvalue weighted by Crippen LogP contribution is 2.16. The Morgan fingerprint density at radius 2 is 2.00 bits per heavy atom. The number of rotatable bonds is 1. The van der Waals surface area contributed by atoms with Gasteiger partial charge in [-0.05, 0) is 25.2 Å². The Hall–Kier alpha value is 0.140. The number of amidine groups is 1. The molecule has 0 bridgehead atoms. The lowest BCUT2D eigenvalue weighted by Gasteiger charge is -1.89. The first-order valence-corrected chi connectivity index (χ1v) is 3.85. The van der Waals surface area contributed by atoms with E-state index in [4.69, 9.17) is 23.2 Å². The summed E-state index contributed by atoms with van der Waals surface area (Å²) in [5.41, 5.74) is 0. The molecule has 10 heavy (non-hydrogen) atoms. The lowest BCUT2D eigenvalue weighted by atomic mass is 10.7. The van der Waals surface area contributed by atoms with E-state index in [1.165, 1.54) is 0 Å². The van der Waals surface area contributed by atoms with E-state index >= 15 is 0 Å². The van der Waals surface area contributed by atoms with Gasteiger partial charge in [-0.3, -0.25) is 0 Å². The Balaban J connectivity index is 4.42. The zero-order chi connectivity index (χ0) is 8.15. The highest BCUT2D eigenvalue weighted by molar-refractivity contribution is 9.11. The molecule has 0 spiro atoms. The van der Waals surface area contributed by atoms with E-state index in [9.17, 15) is 0 Å². The third-order valence-corrected chi connectivity index (χ3v) is 1.78. The van der Waals surface area contributed by atoms with Crippen molar-refractivity contribution in [2.45, 2.75) is 6.92 Å². The van der Waals surface area contributed by atoms with E-state index in [0.29, 0.717) is 4.48 Å². The second-order valence-electron chi connectivity index (χ2n) is 1.36. The summed E-state index contributed by atoms with van der Waals surface area (Å²) in [4.78, 5) is 6.98. The second-order valence-corrected chi connectivity index (χ2v) is 3.25. The lowest BCUT2D eigenvalue weighted by Crippen LogP contribution is -1.78. The molecular weight excluding hydrogens is 239 g/mol. The third-order valence-electron chi connectivity index (χ3n) is 0.605. The van der Waals surface area contributed by atoms with Crippen molar-refractivity contribution in [1.29, 1.82) is 0 Å². The molecule has 0 aliphatic rings. The van der Waals surface area contributed by atoms with Gasteiger partial charge in [0.25, 0.3) is 0 Å². The van der Waals surface area contributed by atoms with Gasteiger partial charge in [-0.2, -0.15) is 0 Å². The van der Waals surface area contributed by atoms with Crippen molar-refractivity contribution in [3.63, 3.8) is 0 Å². The molecule has 0 saturated carbocycles. The molecule has 0 fully saturated rings. The molecule has 0 aliphatic heterocycles. The third kappa shape index (κ3) is 4.04. The number of halogens is 3. The van der Waals surface area contributed by atoms with Crippen LogP contribution in [-0.2, 0) is 0 Å². The van der Waals surface area contributed by atoms with Crippen molar-refractivity contribution in [2.24, 2.45) is 9.98 Å². The summed E-state index contributed by atoms with van der Waals surface area (Å²) < 4.78 is 0.705. The van der Waals surface area contributed by atoms with E-state index in [2.05, 4.69) is 32.6 Å². The van der Waals surface area contributed by atoms with E-state index in [0.717, 1.165) is 0 Å². The second kappa shape index (κ2) is 4.88. The Morgan fingerprint density at radius 3 is 2.30 bits per heavy atom. The Bertz CT molecular complexity index is 194. The molecular formula is C5H5BrCl2N2. The fourth-order valence-corrected chi connectivity index (χ4v) is 0.490. The molecule has 0 rings (SSSR count). The molecule has 0 radical (unpaired) electrons. The molecule has 0 aliphatic carbocycles. The van der Waals surface area contributed by atoms with Gasteiger partial charge < -0.3 is 0 Å². The van der Waals surface area contributed by atoms with Crippen molar-refractivity contribution in [2.75, 3.05) is 0 Å². The van der Waals surface area contributed by atoms with Crippen LogP contribution in [-0.4, -0.2) is 12.0 Å². The van der Waals surface area contributed by atoms with Gasteiger partial charge in [-0.15, -0.1) is 0 Å². The van der Waals surface area contributed by atoms with Gasteiger partial charge in [-0.25, -0.2) is 9.98 Å². The average molecular weight is 244 g/mol. The van der Waals surface area contributed by atoms with Crippen LogP contribution in [0.2, 0.25) is 0 Å². The van der Waals surface area contributed by atoms with Gasteiger partial charge in [0.05, 0.1) is 0 Å². The maximum absolute atomic E-state index is 5.56. The van der Waals surface area contributed by atoms with E-state index < -0.39 is 0 Å². The van der Waals surface area contributed by atoms with Crippen molar-refractivity contribution in [3.8, 4) is 0 Å². The molecule has 0 aromatic heterocycles. The van der Waals surface area contributed by atoms with Crippen molar-refractivity contribution >= 4 is 51.1 Å². The monoisotopic (exact) mass is 242 g/mol. The van der Waals surface area contributed by atoms with Crippen LogP contribution in [0, 0.1) is 0 Å². The van der Waals surface area contributed by atoms with E-state index in [-0.39, 0.29) is 10.5 Å². The van der Waals surface area contributed by atoms with Gasteiger partial charge in [0.15, 0.2) is 0 Å². The van der Waals surface area contributed by atoms with Gasteiger partial charge in [0.2, 0.25) is 5.29 Å².